The molecule has 7 heteroatoms. The normalized spacial score (nSPS) is 17.1. The molecule has 2 aromatic rings. The number of likely N-dealkylation sites (tertiary alicyclic amines) is 1. The van der Waals surface area contributed by atoms with Crippen molar-refractivity contribution in [1.29, 1.82) is 0 Å². The molecule has 3 rings (SSSR count). The van der Waals surface area contributed by atoms with Crippen LogP contribution in [0.2, 0.25) is 5.02 Å². The van der Waals surface area contributed by atoms with Crippen LogP contribution in [0.15, 0.2) is 60.0 Å². The Balaban J connectivity index is 1.50. The van der Waals surface area contributed by atoms with Gasteiger partial charge in [0.2, 0.25) is 15.9 Å². The van der Waals surface area contributed by atoms with Gasteiger partial charge in [0.15, 0.2) is 0 Å². The molecule has 1 aliphatic heterocycles. The molecule has 0 bridgehead atoms. The molecule has 1 atom stereocenters. The van der Waals surface area contributed by atoms with Crippen molar-refractivity contribution in [3.63, 3.8) is 0 Å². The fraction of sp³-hybridized carbons (Fsp3) is 0.318. The fourth-order valence-corrected chi connectivity index (χ4v) is 4.55. The monoisotopic (exact) mass is 432 g/mol. The minimum atomic E-state index is -3.59. The van der Waals surface area contributed by atoms with E-state index in [-0.39, 0.29) is 24.9 Å². The molecule has 1 fully saturated rings. The Morgan fingerprint density at radius 2 is 1.86 bits per heavy atom. The molecule has 154 valence electrons. The second-order valence-electron chi connectivity index (χ2n) is 7.08. The van der Waals surface area contributed by atoms with Crippen molar-refractivity contribution >= 4 is 33.6 Å². The molecule has 0 saturated carbocycles. The summed E-state index contributed by atoms with van der Waals surface area (Å²) in [6.45, 7) is 0.782. The van der Waals surface area contributed by atoms with E-state index in [4.69, 9.17) is 11.6 Å². The number of carbonyl (C=O) groups excluding carboxylic acids is 1. The van der Waals surface area contributed by atoms with E-state index >= 15 is 0 Å². The predicted molar refractivity (Wildman–Crippen MR) is 117 cm³/mol. The minimum Gasteiger partial charge on any atom is -0.339 e. The van der Waals surface area contributed by atoms with E-state index in [2.05, 4.69) is 4.72 Å². The lowest BCUT2D eigenvalue weighted by molar-refractivity contribution is -0.131. The molecular formula is C22H25ClN2O3S. The van der Waals surface area contributed by atoms with Crippen molar-refractivity contribution in [2.45, 2.75) is 31.7 Å². The Kier molecular flexibility index (Phi) is 7.47. The summed E-state index contributed by atoms with van der Waals surface area (Å²) in [4.78, 5) is 14.5. The molecule has 5 nitrogen and oxygen atoms in total. The first-order valence-corrected chi connectivity index (χ1v) is 11.6. The average molecular weight is 433 g/mol. The number of halogens is 1. The highest BCUT2D eigenvalue weighted by Gasteiger charge is 2.28. The van der Waals surface area contributed by atoms with Gasteiger partial charge in [-0.3, -0.25) is 4.79 Å². The number of benzene rings is 2. The molecule has 1 amide bonds. The van der Waals surface area contributed by atoms with Crippen LogP contribution in [-0.4, -0.2) is 38.4 Å². The topological polar surface area (TPSA) is 66.5 Å². The van der Waals surface area contributed by atoms with E-state index in [0.29, 0.717) is 11.6 Å². The third-order valence-electron chi connectivity index (χ3n) is 4.99. The summed E-state index contributed by atoms with van der Waals surface area (Å²) in [6, 6.07) is 17.0. The first kappa shape index (κ1) is 21.6. The van der Waals surface area contributed by atoms with Crippen LogP contribution in [-0.2, 0) is 21.2 Å². The summed E-state index contributed by atoms with van der Waals surface area (Å²) in [5.41, 5.74) is 1.83. The summed E-state index contributed by atoms with van der Waals surface area (Å²) in [5, 5.41) is 1.84. The van der Waals surface area contributed by atoms with Crippen LogP contribution in [0.1, 0.15) is 30.4 Å². The molecule has 1 N–H and O–H groups in total. The molecule has 0 radical (unpaired) electrons. The van der Waals surface area contributed by atoms with Gasteiger partial charge in [0.1, 0.15) is 0 Å². The number of nitrogens with zero attached hydrogens (tertiary/aromatic N) is 1. The SMILES string of the molecule is O=C(CCNS(=O)(=O)/C=C/c1ccccc1)N1CCCC1Cc1ccccc1Cl. The zero-order valence-electron chi connectivity index (χ0n) is 16.1. The van der Waals surface area contributed by atoms with E-state index in [9.17, 15) is 13.2 Å². The van der Waals surface area contributed by atoms with Crippen LogP contribution in [0.25, 0.3) is 6.08 Å². The largest absolute Gasteiger partial charge is 0.339 e. The van der Waals surface area contributed by atoms with Crippen LogP contribution >= 0.6 is 11.6 Å². The second kappa shape index (κ2) is 10.1. The summed E-state index contributed by atoms with van der Waals surface area (Å²) in [5.74, 6) is -0.0331. The van der Waals surface area contributed by atoms with Crippen molar-refractivity contribution < 1.29 is 13.2 Å². The molecule has 1 aliphatic rings. The van der Waals surface area contributed by atoms with E-state index in [1.54, 1.807) is 0 Å². The maximum Gasteiger partial charge on any atom is 0.233 e. The maximum atomic E-state index is 12.6. The smallest absolute Gasteiger partial charge is 0.233 e. The highest BCUT2D eigenvalue weighted by Crippen LogP contribution is 2.25. The molecule has 0 spiro atoms. The first-order valence-electron chi connectivity index (χ1n) is 9.70. The van der Waals surface area contributed by atoms with Crippen LogP contribution in [0.4, 0.5) is 0 Å². The summed E-state index contributed by atoms with van der Waals surface area (Å²) in [7, 11) is -3.59. The minimum absolute atomic E-state index is 0.0331. The van der Waals surface area contributed by atoms with Gasteiger partial charge in [-0.05, 0) is 42.5 Å². The van der Waals surface area contributed by atoms with E-state index in [0.717, 1.165) is 35.8 Å². The zero-order valence-corrected chi connectivity index (χ0v) is 17.7. The molecule has 1 saturated heterocycles. The van der Waals surface area contributed by atoms with Crippen molar-refractivity contribution in [3.05, 3.63) is 76.2 Å². The fourth-order valence-electron chi connectivity index (χ4n) is 3.52. The highest BCUT2D eigenvalue weighted by molar-refractivity contribution is 7.92. The van der Waals surface area contributed by atoms with Gasteiger partial charge in [-0.15, -0.1) is 0 Å². The summed E-state index contributed by atoms with van der Waals surface area (Å²) < 4.78 is 26.7. The lowest BCUT2D eigenvalue weighted by atomic mass is 10.0. The maximum absolute atomic E-state index is 12.6. The molecular weight excluding hydrogens is 408 g/mol. The van der Waals surface area contributed by atoms with Crippen molar-refractivity contribution in [3.8, 4) is 0 Å². The van der Waals surface area contributed by atoms with Gasteiger partial charge in [-0.2, -0.15) is 0 Å². The van der Waals surface area contributed by atoms with Crippen molar-refractivity contribution in [2.24, 2.45) is 0 Å². The van der Waals surface area contributed by atoms with Gasteiger partial charge < -0.3 is 4.90 Å². The Hall–Kier alpha value is -2.15. The lowest BCUT2D eigenvalue weighted by Crippen LogP contribution is -2.38. The van der Waals surface area contributed by atoms with E-state index in [1.165, 1.54) is 6.08 Å². The van der Waals surface area contributed by atoms with Gasteiger partial charge >= 0.3 is 0 Å². The van der Waals surface area contributed by atoms with Crippen LogP contribution in [0.5, 0.6) is 0 Å². The third kappa shape index (κ3) is 6.42. The van der Waals surface area contributed by atoms with Crippen LogP contribution < -0.4 is 4.72 Å². The van der Waals surface area contributed by atoms with Gasteiger partial charge in [0.05, 0.1) is 0 Å². The zero-order chi connectivity index (χ0) is 20.7. The van der Waals surface area contributed by atoms with Crippen LogP contribution in [0.3, 0.4) is 0 Å². The van der Waals surface area contributed by atoms with Crippen molar-refractivity contribution in [1.82, 2.24) is 9.62 Å². The number of hydrogen-bond acceptors (Lipinski definition) is 3. The Morgan fingerprint density at radius 1 is 1.14 bits per heavy atom. The number of nitrogens with one attached hydrogen (secondary N) is 1. The van der Waals surface area contributed by atoms with Gasteiger partial charge in [0, 0.05) is 36.0 Å². The molecule has 29 heavy (non-hydrogen) atoms. The summed E-state index contributed by atoms with van der Waals surface area (Å²) >= 11 is 6.25. The Morgan fingerprint density at radius 3 is 2.62 bits per heavy atom. The van der Waals surface area contributed by atoms with E-state index in [1.807, 2.05) is 59.5 Å². The van der Waals surface area contributed by atoms with Gasteiger partial charge in [0.25, 0.3) is 0 Å². The molecule has 0 aliphatic carbocycles. The summed E-state index contributed by atoms with van der Waals surface area (Å²) in [6.07, 6.45) is 4.27. The number of rotatable bonds is 8. The average Bonchev–Trinajstić information content (AvgIpc) is 3.17. The molecule has 1 heterocycles. The van der Waals surface area contributed by atoms with Crippen LogP contribution in [0, 0.1) is 0 Å². The highest BCUT2D eigenvalue weighted by atomic mass is 35.5. The second-order valence-corrected chi connectivity index (χ2v) is 9.14. The molecule has 0 aromatic heterocycles. The van der Waals surface area contributed by atoms with Gasteiger partial charge in [-0.25, -0.2) is 13.1 Å². The molecule has 1 unspecified atom stereocenters. The van der Waals surface area contributed by atoms with Gasteiger partial charge in [-0.1, -0.05) is 60.1 Å². The third-order valence-corrected chi connectivity index (χ3v) is 6.46. The van der Waals surface area contributed by atoms with E-state index < -0.39 is 10.0 Å². The van der Waals surface area contributed by atoms with Crippen molar-refractivity contribution in [2.75, 3.05) is 13.1 Å². The Labute approximate surface area is 177 Å². The standard InChI is InChI=1S/C22H25ClN2O3S/c23-21-11-5-4-9-19(21)17-20-10-6-15-25(20)22(26)12-14-24-29(27,28)16-13-18-7-2-1-3-8-18/h1-5,7-9,11,13,16,20,24H,6,10,12,14-15,17H2/b16-13+. The molecule has 2 aromatic carbocycles. The predicted octanol–water partition coefficient (Wildman–Crippen LogP) is 3.85. The number of carbonyl (C=O) groups is 1. The number of hydrogen-bond donors (Lipinski definition) is 1. The number of amides is 1. The Bertz CT molecular complexity index is 961. The lowest BCUT2D eigenvalue weighted by Gasteiger charge is -2.25. The quantitative estimate of drug-likeness (QED) is 0.688. The number of sulfonamides is 1. The first-order chi connectivity index (χ1) is 13.9.